The van der Waals surface area contributed by atoms with Crippen molar-refractivity contribution in [3.63, 3.8) is 0 Å². The molecule has 15 heteroatoms. The van der Waals surface area contributed by atoms with E-state index in [-0.39, 0.29) is 0 Å². The minimum Gasteiger partial charge on any atom is -0.421 e. The van der Waals surface area contributed by atoms with Gasteiger partial charge in [0.05, 0.1) is 0 Å². The lowest BCUT2D eigenvalue weighted by Crippen LogP contribution is -2.32. The van der Waals surface area contributed by atoms with E-state index in [0.717, 1.165) is 17.1 Å². The van der Waals surface area contributed by atoms with E-state index >= 15 is 0 Å². The molecule has 0 spiro atoms. The van der Waals surface area contributed by atoms with Gasteiger partial charge in [-0.25, -0.2) is 21.4 Å². The molecular weight excluding hydrogens is 514 g/mol. The molecule has 0 bridgehead atoms. The number of aliphatic hydroxyl groups is 1. The molecule has 1 rings (SSSR count). The van der Waals surface area contributed by atoms with Gasteiger partial charge in [0.2, 0.25) is 0 Å². The zero-order valence-corrected chi connectivity index (χ0v) is 20.1. The van der Waals surface area contributed by atoms with E-state index in [9.17, 15) is 43.2 Å². The van der Waals surface area contributed by atoms with Gasteiger partial charge in [-0.15, -0.1) is 0 Å². The van der Waals surface area contributed by atoms with Crippen molar-refractivity contribution in [2.45, 2.75) is 81.8 Å². The highest BCUT2D eigenvalue weighted by atomic mass is 32.3. The summed E-state index contributed by atoms with van der Waals surface area (Å²) in [4.78, 5) is 0. The predicted molar refractivity (Wildman–Crippen MR) is 113 cm³/mol. The van der Waals surface area contributed by atoms with Crippen molar-refractivity contribution in [3.8, 4) is 0 Å². The lowest BCUT2D eigenvalue weighted by atomic mass is 10.1. The van der Waals surface area contributed by atoms with Gasteiger partial charge < -0.3 is 9.23 Å². The Labute approximate surface area is 196 Å². The van der Waals surface area contributed by atoms with Crippen LogP contribution in [0.3, 0.4) is 0 Å². The van der Waals surface area contributed by atoms with Crippen molar-refractivity contribution >= 4 is 20.0 Å². The largest absolute Gasteiger partial charge is 0.480 e. The Bertz CT molecular complexity index is 835. The van der Waals surface area contributed by atoms with Crippen molar-refractivity contribution in [2.75, 3.05) is 6.61 Å². The van der Waals surface area contributed by atoms with E-state index in [2.05, 4.69) is 35.2 Å². The average molecular weight is 545 g/mol. The Kier molecular flexibility index (Phi) is 14.9. The number of alkyl halides is 6. The number of pyridine rings is 1. The summed E-state index contributed by atoms with van der Waals surface area (Å²) in [5.41, 5.74) is -12.4. The molecule has 34 heavy (non-hydrogen) atoms. The molecule has 0 fully saturated rings. The van der Waals surface area contributed by atoms with Crippen LogP contribution < -0.4 is 4.57 Å². The molecule has 0 aliphatic carbocycles. The summed E-state index contributed by atoms with van der Waals surface area (Å²) in [6, 6.07) is 6.25. The Morgan fingerprint density at radius 2 is 0.971 bits per heavy atom. The van der Waals surface area contributed by atoms with Crippen LogP contribution in [0.25, 0.3) is 4.13 Å². The first kappa shape index (κ1) is 32.5. The van der Waals surface area contributed by atoms with Crippen LogP contribution in [0.15, 0.2) is 30.6 Å². The summed E-state index contributed by atoms with van der Waals surface area (Å²) in [7, 11) is -13.4. The number of nitrogens with zero attached hydrogens (tertiary/aromatic N) is 2. The number of aryl methyl sites for hydroxylation is 1. The van der Waals surface area contributed by atoms with Gasteiger partial charge in [-0.2, -0.15) is 26.3 Å². The van der Waals surface area contributed by atoms with Crippen LogP contribution in [0.5, 0.6) is 0 Å². The summed E-state index contributed by atoms with van der Waals surface area (Å²) in [5, 5.41) is 8.67. The maximum atomic E-state index is 11.4. The summed E-state index contributed by atoms with van der Waals surface area (Å²) >= 11 is 0. The Hall–Kier alpha value is -1.45. The average Bonchev–Trinajstić information content (AvgIpc) is 2.71. The second-order valence-corrected chi connectivity index (χ2v) is 10.7. The van der Waals surface area contributed by atoms with E-state index in [1.54, 1.807) is 0 Å². The third-order valence-corrected chi connectivity index (χ3v) is 7.12. The minimum atomic E-state index is -6.72. The quantitative estimate of drug-likeness (QED) is 0.203. The van der Waals surface area contributed by atoms with Crippen LogP contribution in [0.1, 0.15) is 64.2 Å². The lowest BCUT2D eigenvalue weighted by Gasteiger charge is -2.22. The van der Waals surface area contributed by atoms with E-state index in [1.807, 2.05) is 0 Å². The zero-order chi connectivity index (χ0) is 26.3. The number of hydrogen-bond donors (Lipinski definition) is 1. The molecule has 1 heterocycles. The molecule has 1 N–H and O–H groups in total. The second-order valence-electron chi connectivity index (χ2n) is 7.29. The minimum absolute atomic E-state index is 0.361. The highest BCUT2D eigenvalue weighted by molar-refractivity contribution is 8.13. The number of rotatable bonds is 14. The van der Waals surface area contributed by atoms with Gasteiger partial charge in [-0.05, 0) is 12.8 Å². The van der Waals surface area contributed by atoms with Crippen LogP contribution in [-0.2, 0) is 26.6 Å². The van der Waals surface area contributed by atoms with Gasteiger partial charge >= 0.3 is 11.0 Å². The smallest absolute Gasteiger partial charge is 0.421 e. The first-order valence-corrected chi connectivity index (χ1v) is 13.4. The van der Waals surface area contributed by atoms with Crippen molar-refractivity contribution < 1.29 is 52.9 Å². The number of sulfonamides is 2. The van der Waals surface area contributed by atoms with E-state index < -0.39 is 31.1 Å². The molecule has 7 nitrogen and oxygen atoms in total. The molecule has 0 saturated carbocycles. The Balaban J connectivity index is 0.000000661. The molecule has 0 saturated heterocycles. The van der Waals surface area contributed by atoms with Gasteiger partial charge in [0.15, 0.2) is 32.4 Å². The summed E-state index contributed by atoms with van der Waals surface area (Å²) in [6.45, 7) is 1.52. The lowest BCUT2D eigenvalue weighted by molar-refractivity contribution is -0.697. The molecule has 0 aliphatic rings. The van der Waals surface area contributed by atoms with E-state index in [4.69, 9.17) is 5.11 Å². The molecule has 0 radical (unpaired) electrons. The van der Waals surface area contributed by atoms with Crippen molar-refractivity contribution in [2.24, 2.45) is 0 Å². The van der Waals surface area contributed by atoms with Crippen molar-refractivity contribution in [1.29, 1.82) is 0 Å². The fraction of sp³-hybridized carbons (Fsp3) is 0.737. The fourth-order valence-corrected chi connectivity index (χ4v) is 4.33. The second kappa shape index (κ2) is 15.5. The topological polar surface area (TPSA) is 106 Å². The molecule has 0 aromatic carbocycles. The number of aliphatic hydroxyl groups excluding tert-OH is 1. The summed E-state index contributed by atoms with van der Waals surface area (Å²) < 4.78 is 111. The van der Waals surface area contributed by atoms with Crippen LogP contribution in [0, 0.1) is 0 Å². The third-order valence-electron chi connectivity index (χ3n) is 4.38. The fourth-order valence-electron chi connectivity index (χ4n) is 2.62. The molecule has 0 amide bonds. The summed E-state index contributed by atoms with van der Waals surface area (Å²) in [6.07, 6.45) is 17.3. The maximum absolute atomic E-state index is 11.4. The first-order valence-electron chi connectivity index (χ1n) is 10.6. The highest BCUT2D eigenvalue weighted by Gasteiger charge is 2.46. The third kappa shape index (κ3) is 14.1. The van der Waals surface area contributed by atoms with Crippen LogP contribution in [0.4, 0.5) is 26.3 Å². The standard InChI is InChI=1S/C17H30NO.C2F6NO4S2/c19-17-13-8-6-4-2-1-3-5-7-10-14-18-15-11-9-12-16-18;3-1(4,5)14(10,11)9-15(12,13)2(6,7)8/h9,11-12,15-16,19H,1-8,10,13-14,17H2;/q+1;-1. The number of aromatic nitrogens is 1. The molecule has 0 atom stereocenters. The van der Waals surface area contributed by atoms with Crippen LogP contribution >= 0.6 is 0 Å². The molecule has 1 aromatic rings. The molecule has 0 aliphatic heterocycles. The van der Waals surface area contributed by atoms with Gasteiger partial charge in [-0.1, -0.05) is 51.0 Å². The first-order chi connectivity index (χ1) is 15.6. The molecule has 1 aromatic heterocycles. The SMILES string of the molecule is O=S(=O)([N-]S(=O)(=O)C(F)(F)F)C(F)(F)F.OCCCCCCCCCCCC[n+]1ccccc1. The summed E-state index contributed by atoms with van der Waals surface area (Å²) in [5.74, 6) is 0. The number of unbranched alkanes of at least 4 members (excludes halogenated alkanes) is 9. The Morgan fingerprint density at radius 3 is 1.32 bits per heavy atom. The van der Waals surface area contributed by atoms with Gasteiger partial charge in [0.25, 0.3) is 0 Å². The van der Waals surface area contributed by atoms with Gasteiger partial charge in [-0.3, -0.25) is 0 Å². The van der Waals surface area contributed by atoms with Crippen molar-refractivity contribution in [1.82, 2.24) is 0 Å². The van der Waals surface area contributed by atoms with Crippen LogP contribution in [0.2, 0.25) is 0 Å². The van der Waals surface area contributed by atoms with Gasteiger partial charge in [0, 0.05) is 25.2 Å². The number of halogens is 6. The molecule has 200 valence electrons. The zero-order valence-electron chi connectivity index (χ0n) is 18.4. The maximum Gasteiger partial charge on any atom is 0.480 e. The molecule has 0 unspecified atom stereocenters. The van der Waals surface area contributed by atoms with Crippen molar-refractivity contribution in [3.05, 3.63) is 34.7 Å². The monoisotopic (exact) mass is 544 g/mol. The van der Waals surface area contributed by atoms with E-state index in [0.29, 0.717) is 6.61 Å². The normalized spacial score (nSPS) is 12.8. The molecular formula is C19H30F6N2O5S2. The van der Waals surface area contributed by atoms with Crippen LogP contribution in [-0.4, -0.2) is 39.6 Å². The van der Waals surface area contributed by atoms with E-state index in [1.165, 1.54) is 57.8 Å². The number of hydrogen-bond acceptors (Lipinski definition) is 5. The predicted octanol–water partition coefficient (Wildman–Crippen LogP) is 4.93. The highest BCUT2D eigenvalue weighted by Crippen LogP contribution is 2.36. The Morgan fingerprint density at radius 1 is 0.618 bits per heavy atom. The van der Waals surface area contributed by atoms with Gasteiger partial charge in [0.1, 0.15) is 6.54 Å².